The Balaban J connectivity index is 1.66. The zero-order valence-electron chi connectivity index (χ0n) is 14.8. The van der Waals surface area contributed by atoms with Gasteiger partial charge < -0.3 is 5.11 Å². The van der Waals surface area contributed by atoms with Gasteiger partial charge in [0.2, 0.25) is 0 Å². The molecule has 1 aromatic carbocycles. The lowest BCUT2D eigenvalue weighted by atomic mass is 10.0. The summed E-state index contributed by atoms with van der Waals surface area (Å²) in [6.07, 6.45) is 4.76. The SMILES string of the molecule is Cc1cc(C=O)c([O-])c(CCCN2CCCN3CCC[N+](C)=C23)c1. The van der Waals surface area contributed by atoms with Crippen LogP contribution in [0.1, 0.15) is 40.7 Å². The first-order valence-electron chi connectivity index (χ1n) is 8.94. The standard InChI is InChI=1S/C19H27N3O2/c1-15-12-16(18(24)17(13-15)14-23)6-3-8-21-10-5-11-22-9-4-7-20(2)19(21)22/h12-14H,3-11H2,1-2H3. The number of hydrogen-bond acceptors (Lipinski definition) is 4. The second-order valence-electron chi connectivity index (χ2n) is 6.97. The first kappa shape index (κ1) is 16.8. The van der Waals surface area contributed by atoms with E-state index in [2.05, 4.69) is 21.4 Å². The highest BCUT2D eigenvalue weighted by atomic mass is 16.3. The van der Waals surface area contributed by atoms with Crippen molar-refractivity contribution in [1.29, 1.82) is 0 Å². The van der Waals surface area contributed by atoms with Crippen LogP contribution in [0.25, 0.3) is 0 Å². The molecule has 0 unspecified atom stereocenters. The van der Waals surface area contributed by atoms with Crippen LogP contribution in [0.4, 0.5) is 0 Å². The number of nitrogens with zero attached hydrogens (tertiary/aromatic N) is 3. The fraction of sp³-hybridized carbons (Fsp3) is 0.579. The number of carbonyl (C=O) groups is 1. The number of carbonyl (C=O) groups excluding carboxylic acids is 1. The zero-order valence-corrected chi connectivity index (χ0v) is 14.8. The molecule has 0 atom stereocenters. The van der Waals surface area contributed by atoms with E-state index in [-0.39, 0.29) is 11.3 Å². The minimum atomic E-state index is -0.0988. The summed E-state index contributed by atoms with van der Waals surface area (Å²) in [6, 6.07) is 3.60. The summed E-state index contributed by atoms with van der Waals surface area (Å²) in [5.41, 5.74) is 2.04. The maximum absolute atomic E-state index is 12.2. The Kier molecular flexibility index (Phi) is 5.07. The summed E-state index contributed by atoms with van der Waals surface area (Å²) in [6.45, 7) is 7.41. The van der Waals surface area contributed by atoms with E-state index >= 15 is 0 Å². The van der Waals surface area contributed by atoms with Gasteiger partial charge in [0.1, 0.15) is 6.29 Å². The van der Waals surface area contributed by atoms with Gasteiger partial charge in [-0.1, -0.05) is 22.9 Å². The van der Waals surface area contributed by atoms with Crippen LogP contribution in [0.5, 0.6) is 5.75 Å². The van der Waals surface area contributed by atoms with Crippen LogP contribution in [-0.2, 0) is 6.42 Å². The van der Waals surface area contributed by atoms with Gasteiger partial charge in [0.05, 0.1) is 39.8 Å². The van der Waals surface area contributed by atoms with Crippen molar-refractivity contribution < 1.29 is 14.5 Å². The molecule has 1 saturated heterocycles. The molecule has 0 N–H and O–H groups in total. The fourth-order valence-corrected chi connectivity index (χ4v) is 3.97. The van der Waals surface area contributed by atoms with Gasteiger partial charge in [-0.2, -0.15) is 0 Å². The van der Waals surface area contributed by atoms with Crippen LogP contribution in [0, 0.1) is 6.92 Å². The maximum atomic E-state index is 12.2. The van der Waals surface area contributed by atoms with Gasteiger partial charge in [-0.05, 0) is 25.8 Å². The van der Waals surface area contributed by atoms with E-state index in [4.69, 9.17) is 0 Å². The lowest BCUT2D eigenvalue weighted by Gasteiger charge is -2.36. The molecule has 0 aliphatic carbocycles. The third kappa shape index (κ3) is 3.40. The molecule has 2 aliphatic heterocycles. The van der Waals surface area contributed by atoms with Crippen molar-refractivity contribution in [1.82, 2.24) is 9.80 Å². The molecule has 1 aromatic rings. The average Bonchev–Trinajstić information content (AvgIpc) is 2.58. The van der Waals surface area contributed by atoms with E-state index in [0.717, 1.165) is 56.7 Å². The molecule has 3 rings (SSSR count). The molecule has 2 heterocycles. The van der Waals surface area contributed by atoms with Gasteiger partial charge in [-0.3, -0.25) is 19.2 Å². The molecular formula is C19H27N3O2. The number of hydrogen-bond donors (Lipinski definition) is 0. The highest BCUT2D eigenvalue weighted by Crippen LogP contribution is 2.22. The van der Waals surface area contributed by atoms with Crippen molar-refractivity contribution in [3.8, 4) is 5.75 Å². The molecule has 0 radical (unpaired) electrons. The van der Waals surface area contributed by atoms with Crippen molar-refractivity contribution >= 4 is 12.2 Å². The minimum Gasteiger partial charge on any atom is -0.872 e. The molecule has 24 heavy (non-hydrogen) atoms. The Morgan fingerprint density at radius 3 is 2.83 bits per heavy atom. The summed E-state index contributed by atoms with van der Waals surface area (Å²) in [4.78, 5) is 16.0. The molecule has 2 aliphatic rings. The van der Waals surface area contributed by atoms with Crippen LogP contribution in [0.2, 0.25) is 0 Å². The van der Waals surface area contributed by atoms with E-state index in [9.17, 15) is 9.90 Å². The van der Waals surface area contributed by atoms with Gasteiger partial charge in [0, 0.05) is 18.4 Å². The van der Waals surface area contributed by atoms with Gasteiger partial charge in [-0.25, -0.2) is 0 Å². The molecule has 1 fully saturated rings. The largest absolute Gasteiger partial charge is 0.872 e. The predicted molar refractivity (Wildman–Crippen MR) is 92.8 cm³/mol. The van der Waals surface area contributed by atoms with Crippen molar-refractivity contribution in [2.75, 3.05) is 39.8 Å². The van der Waals surface area contributed by atoms with Gasteiger partial charge >= 0.3 is 5.96 Å². The van der Waals surface area contributed by atoms with Crippen LogP contribution in [-0.4, -0.2) is 66.4 Å². The van der Waals surface area contributed by atoms with Crippen molar-refractivity contribution in [2.24, 2.45) is 0 Å². The molecule has 5 heteroatoms. The van der Waals surface area contributed by atoms with Crippen LogP contribution < -0.4 is 5.11 Å². The maximum Gasteiger partial charge on any atom is 0.350 e. The third-order valence-corrected chi connectivity index (χ3v) is 5.02. The van der Waals surface area contributed by atoms with E-state index < -0.39 is 0 Å². The molecule has 5 nitrogen and oxygen atoms in total. The van der Waals surface area contributed by atoms with Crippen molar-refractivity contribution in [3.05, 3.63) is 28.8 Å². The smallest absolute Gasteiger partial charge is 0.350 e. The highest BCUT2D eigenvalue weighted by Gasteiger charge is 2.34. The lowest BCUT2D eigenvalue weighted by Crippen LogP contribution is -2.57. The molecule has 0 aromatic heterocycles. The Hall–Kier alpha value is -2.04. The topological polar surface area (TPSA) is 49.6 Å². The monoisotopic (exact) mass is 329 g/mol. The highest BCUT2D eigenvalue weighted by molar-refractivity contribution is 5.80. The Bertz CT molecular complexity index is 654. The third-order valence-electron chi connectivity index (χ3n) is 5.02. The van der Waals surface area contributed by atoms with Gasteiger partial charge in [0.15, 0.2) is 0 Å². The van der Waals surface area contributed by atoms with Gasteiger partial charge in [-0.15, -0.1) is 0 Å². The first-order chi connectivity index (χ1) is 11.6. The summed E-state index contributed by atoms with van der Waals surface area (Å²) in [7, 11) is 2.17. The molecule has 0 amide bonds. The number of aryl methyl sites for hydroxylation is 2. The van der Waals surface area contributed by atoms with E-state index in [1.165, 1.54) is 18.8 Å². The van der Waals surface area contributed by atoms with E-state index in [1.54, 1.807) is 6.07 Å². The number of benzene rings is 1. The minimum absolute atomic E-state index is 0.0988. The van der Waals surface area contributed by atoms with E-state index in [0.29, 0.717) is 6.29 Å². The summed E-state index contributed by atoms with van der Waals surface area (Å²) >= 11 is 0. The quantitative estimate of drug-likeness (QED) is 0.602. The zero-order chi connectivity index (χ0) is 17.1. The Labute approximate surface area is 144 Å². The number of rotatable bonds is 5. The first-order valence-corrected chi connectivity index (χ1v) is 8.94. The summed E-state index contributed by atoms with van der Waals surface area (Å²) < 4.78 is 2.36. The normalized spacial score (nSPS) is 17.9. The van der Waals surface area contributed by atoms with E-state index in [1.807, 2.05) is 13.0 Å². The van der Waals surface area contributed by atoms with Crippen LogP contribution in [0.15, 0.2) is 12.1 Å². The molecular weight excluding hydrogens is 302 g/mol. The fourth-order valence-electron chi connectivity index (χ4n) is 3.97. The number of aldehydes is 1. The predicted octanol–water partition coefficient (Wildman–Crippen LogP) is 1.22. The Morgan fingerprint density at radius 1 is 1.25 bits per heavy atom. The summed E-state index contributed by atoms with van der Waals surface area (Å²) in [5, 5.41) is 12.2. The Morgan fingerprint density at radius 2 is 2.04 bits per heavy atom. The van der Waals surface area contributed by atoms with Crippen molar-refractivity contribution in [3.63, 3.8) is 0 Å². The second kappa shape index (κ2) is 7.24. The average molecular weight is 329 g/mol. The van der Waals surface area contributed by atoms with Crippen LogP contribution >= 0.6 is 0 Å². The molecule has 0 saturated carbocycles. The molecule has 0 spiro atoms. The molecule has 130 valence electrons. The lowest BCUT2D eigenvalue weighted by molar-refractivity contribution is -0.515. The van der Waals surface area contributed by atoms with Crippen molar-refractivity contribution in [2.45, 2.75) is 32.6 Å². The molecule has 0 bridgehead atoms. The van der Waals surface area contributed by atoms with Crippen LogP contribution in [0.3, 0.4) is 0 Å². The summed E-state index contributed by atoms with van der Waals surface area (Å²) in [5.74, 6) is 1.26. The second-order valence-corrected chi connectivity index (χ2v) is 6.97. The van der Waals surface area contributed by atoms with Gasteiger partial charge in [0.25, 0.3) is 0 Å². The number of guanidine groups is 1. The number of fused-ring (bicyclic) bond motifs is 1.